The second kappa shape index (κ2) is 5.68. The summed E-state index contributed by atoms with van der Waals surface area (Å²) in [5, 5.41) is 13.7. The molecule has 1 aliphatic rings. The molecule has 2 aromatic heterocycles. The summed E-state index contributed by atoms with van der Waals surface area (Å²) < 4.78 is 5.28. The summed E-state index contributed by atoms with van der Waals surface area (Å²) >= 11 is 0. The van der Waals surface area contributed by atoms with E-state index in [1.165, 1.54) is 0 Å². The Morgan fingerprint density at radius 1 is 1.45 bits per heavy atom. The van der Waals surface area contributed by atoms with Gasteiger partial charge in [0.25, 0.3) is 0 Å². The van der Waals surface area contributed by atoms with Crippen molar-refractivity contribution < 1.29 is 9.63 Å². The predicted molar refractivity (Wildman–Crippen MR) is 72.6 cm³/mol. The molecule has 1 aliphatic heterocycles. The van der Waals surface area contributed by atoms with Crippen molar-refractivity contribution >= 4 is 0 Å². The number of pyridine rings is 1. The second-order valence-corrected chi connectivity index (χ2v) is 5.30. The van der Waals surface area contributed by atoms with Gasteiger partial charge in [0.15, 0.2) is 0 Å². The Kier molecular flexibility index (Phi) is 3.75. The molecule has 20 heavy (non-hydrogen) atoms. The lowest BCUT2D eigenvalue weighted by Crippen LogP contribution is -2.41. The van der Waals surface area contributed by atoms with Gasteiger partial charge in [0.05, 0.1) is 12.6 Å². The molecule has 2 unspecified atom stereocenters. The average molecular weight is 274 g/mol. The van der Waals surface area contributed by atoms with Crippen LogP contribution >= 0.6 is 0 Å². The maximum absolute atomic E-state index is 9.73. The van der Waals surface area contributed by atoms with E-state index in [0.717, 1.165) is 19.5 Å². The zero-order chi connectivity index (χ0) is 13.9. The zero-order valence-electron chi connectivity index (χ0n) is 11.4. The molecule has 0 aromatic carbocycles. The molecule has 0 radical (unpaired) electrons. The molecular formula is C14H18N4O2. The first-order chi connectivity index (χ1) is 9.72. The van der Waals surface area contributed by atoms with Gasteiger partial charge in [-0.2, -0.15) is 4.98 Å². The van der Waals surface area contributed by atoms with Crippen molar-refractivity contribution in [3.8, 4) is 11.5 Å². The zero-order valence-corrected chi connectivity index (χ0v) is 11.4. The fraction of sp³-hybridized carbons (Fsp3) is 0.500. The lowest BCUT2D eigenvalue weighted by atomic mass is 9.97. The van der Waals surface area contributed by atoms with Crippen molar-refractivity contribution in [2.45, 2.75) is 26.0 Å². The van der Waals surface area contributed by atoms with Crippen LogP contribution in [0, 0.1) is 5.92 Å². The van der Waals surface area contributed by atoms with Crippen molar-refractivity contribution in [2.75, 3.05) is 13.1 Å². The molecule has 6 nitrogen and oxygen atoms in total. The Labute approximate surface area is 117 Å². The van der Waals surface area contributed by atoms with Gasteiger partial charge >= 0.3 is 0 Å². The Morgan fingerprint density at radius 2 is 2.35 bits per heavy atom. The number of aromatic nitrogens is 3. The van der Waals surface area contributed by atoms with Gasteiger partial charge in [-0.25, -0.2) is 0 Å². The topological polar surface area (TPSA) is 75.3 Å². The van der Waals surface area contributed by atoms with Crippen molar-refractivity contribution in [1.82, 2.24) is 20.0 Å². The summed E-state index contributed by atoms with van der Waals surface area (Å²) in [5.74, 6) is 1.39. The lowest BCUT2D eigenvalue weighted by molar-refractivity contribution is 0.0282. The number of likely N-dealkylation sites (tertiary alicyclic amines) is 1. The Balaban J connectivity index is 1.66. The Morgan fingerprint density at radius 3 is 3.10 bits per heavy atom. The molecule has 0 amide bonds. The van der Waals surface area contributed by atoms with Crippen LogP contribution in [-0.2, 0) is 6.54 Å². The monoisotopic (exact) mass is 274 g/mol. The van der Waals surface area contributed by atoms with E-state index in [1.54, 1.807) is 6.20 Å². The summed E-state index contributed by atoms with van der Waals surface area (Å²) in [7, 11) is 0. The van der Waals surface area contributed by atoms with Crippen LogP contribution in [0.15, 0.2) is 28.9 Å². The highest BCUT2D eigenvalue weighted by atomic mass is 16.5. The van der Waals surface area contributed by atoms with E-state index in [1.807, 2.05) is 18.2 Å². The molecule has 0 bridgehead atoms. The van der Waals surface area contributed by atoms with Crippen molar-refractivity contribution in [2.24, 2.45) is 5.92 Å². The van der Waals surface area contributed by atoms with Crippen LogP contribution in [0.5, 0.6) is 0 Å². The average Bonchev–Trinajstić information content (AvgIpc) is 2.92. The van der Waals surface area contributed by atoms with Crippen LogP contribution in [0.2, 0.25) is 0 Å². The second-order valence-electron chi connectivity index (χ2n) is 5.30. The van der Waals surface area contributed by atoms with E-state index >= 15 is 0 Å². The number of aliphatic hydroxyl groups excluding tert-OH is 1. The molecule has 3 heterocycles. The summed E-state index contributed by atoms with van der Waals surface area (Å²) in [6.07, 6.45) is 2.31. The van der Waals surface area contributed by atoms with E-state index < -0.39 is 0 Å². The number of nitrogens with zero attached hydrogens (tertiary/aromatic N) is 4. The quantitative estimate of drug-likeness (QED) is 0.910. The number of rotatable bonds is 3. The molecule has 0 saturated carbocycles. The van der Waals surface area contributed by atoms with E-state index in [0.29, 0.717) is 24.0 Å². The van der Waals surface area contributed by atoms with Gasteiger partial charge in [-0.3, -0.25) is 9.88 Å². The van der Waals surface area contributed by atoms with E-state index in [2.05, 4.69) is 26.9 Å². The Bertz CT molecular complexity index is 557. The van der Waals surface area contributed by atoms with Crippen LogP contribution < -0.4 is 0 Å². The SMILES string of the molecule is CC1CN(Cc2nc(-c3ccccn3)no2)CCC1O. The van der Waals surface area contributed by atoms with Gasteiger partial charge in [0, 0.05) is 19.3 Å². The molecule has 6 heteroatoms. The maximum atomic E-state index is 9.73. The van der Waals surface area contributed by atoms with Gasteiger partial charge in [0.1, 0.15) is 5.69 Å². The highest BCUT2D eigenvalue weighted by Gasteiger charge is 2.25. The van der Waals surface area contributed by atoms with Crippen LogP contribution in [0.4, 0.5) is 0 Å². The molecule has 3 rings (SSSR count). The summed E-state index contributed by atoms with van der Waals surface area (Å²) in [6, 6.07) is 5.60. The molecule has 2 aromatic rings. The van der Waals surface area contributed by atoms with Crippen LogP contribution in [0.25, 0.3) is 11.5 Å². The fourth-order valence-electron chi connectivity index (χ4n) is 2.47. The van der Waals surface area contributed by atoms with E-state index in [-0.39, 0.29) is 12.0 Å². The normalized spacial score (nSPS) is 23.9. The number of piperidine rings is 1. The van der Waals surface area contributed by atoms with Crippen molar-refractivity contribution in [3.63, 3.8) is 0 Å². The third-order valence-electron chi connectivity index (χ3n) is 3.67. The third kappa shape index (κ3) is 2.86. The van der Waals surface area contributed by atoms with E-state index in [4.69, 9.17) is 4.52 Å². The summed E-state index contributed by atoms with van der Waals surface area (Å²) in [4.78, 5) is 10.8. The molecule has 1 N–H and O–H groups in total. The molecule has 1 saturated heterocycles. The largest absolute Gasteiger partial charge is 0.393 e. The van der Waals surface area contributed by atoms with Crippen molar-refractivity contribution in [3.05, 3.63) is 30.3 Å². The van der Waals surface area contributed by atoms with Crippen molar-refractivity contribution in [1.29, 1.82) is 0 Å². The first-order valence-electron chi connectivity index (χ1n) is 6.87. The smallest absolute Gasteiger partial charge is 0.241 e. The van der Waals surface area contributed by atoms with Gasteiger partial charge in [-0.1, -0.05) is 18.1 Å². The van der Waals surface area contributed by atoms with Crippen LogP contribution in [0.1, 0.15) is 19.2 Å². The predicted octanol–water partition coefficient (Wildman–Crippen LogP) is 1.33. The Hall–Kier alpha value is -1.79. The highest BCUT2D eigenvalue weighted by molar-refractivity contribution is 5.46. The van der Waals surface area contributed by atoms with Gasteiger partial charge in [0.2, 0.25) is 11.7 Å². The number of aliphatic hydroxyl groups is 1. The van der Waals surface area contributed by atoms with E-state index in [9.17, 15) is 5.11 Å². The first kappa shape index (κ1) is 13.2. The van der Waals surface area contributed by atoms with Gasteiger partial charge < -0.3 is 9.63 Å². The molecule has 0 spiro atoms. The summed E-state index contributed by atoms with van der Waals surface area (Å²) in [6.45, 7) is 4.39. The number of hydrogen-bond acceptors (Lipinski definition) is 6. The van der Waals surface area contributed by atoms with Crippen LogP contribution in [0.3, 0.4) is 0 Å². The molecule has 1 fully saturated rings. The minimum absolute atomic E-state index is 0.196. The maximum Gasteiger partial charge on any atom is 0.241 e. The number of hydrogen-bond donors (Lipinski definition) is 1. The summed E-state index contributed by atoms with van der Waals surface area (Å²) in [5.41, 5.74) is 0.713. The van der Waals surface area contributed by atoms with Gasteiger partial charge in [-0.15, -0.1) is 0 Å². The molecule has 106 valence electrons. The molecular weight excluding hydrogens is 256 g/mol. The fourth-order valence-corrected chi connectivity index (χ4v) is 2.47. The standard InChI is InChI=1S/C14H18N4O2/c1-10-8-18(7-5-12(10)19)9-13-16-14(17-20-13)11-4-2-3-6-15-11/h2-4,6,10,12,19H,5,7-9H2,1H3. The molecule has 0 aliphatic carbocycles. The lowest BCUT2D eigenvalue weighted by Gasteiger charge is -2.33. The third-order valence-corrected chi connectivity index (χ3v) is 3.67. The van der Waals surface area contributed by atoms with Crippen LogP contribution in [-0.4, -0.2) is 44.3 Å². The first-order valence-corrected chi connectivity index (χ1v) is 6.87. The highest BCUT2D eigenvalue weighted by Crippen LogP contribution is 2.19. The molecule has 2 atom stereocenters. The minimum atomic E-state index is -0.196. The minimum Gasteiger partial charge on any atom is -0.393 e. The van der Waals surface area contributed by atoms with Gasteiger partial charge in [-0.05, 0) is 24.5 Å².